The normalized spacial score (nSPS) is 10.5. The molecule has 26 heavy (non-hydrogen) atoms. The molecule has 0 saturated heterocycles. The van der Waals surface area contributed by atoms with Gasteiger partial charge < -0.3 is 9.84 Å². The lowest BCUT2D eigenvalue weighted by Gasteiger charge is -2.05. The van der Waals surface area contributed by atoms with Gasteiger partial charge in [-0.05, 0) is 12.1 Å². The Morgan fingerprint density at radius 1 is 1.19 bits per heavy atom. The van der Waals surface area contributed by atoms with E-state index in [-0.39, 0.29) is 28.4 Å². The highest BCUT2D eigenvalue weighted by molar-refractivity contribution is 5.86. The zero-order valence-electron chi connectivity index (χ0n) is 13.1. The molecule has 0 unspecified atom stereocenters. The number of hydrogen-bond donors (Lipinski definition) is 2. The van der Waals surface area contributed by atoms with E-state index in [0.717, 1.165) is 24.4 Å². The van der Waals surface area contributed by atoms with E-state index in [1.165, 1.54) is 24.3 Å². The Hall–Kier alpha value is -4.02. The molecular weight excluding hydrogens is 348 g/mol. The molecule has 0 aliphatic heterocycles. The first-order valence-electron chi connectivity index (χ1n) is 7.04. The summed E-state index contributed by atoms with van der Waals surface area (Å²) in [6.45, 7) is -0.539. The second-order valence-electron chi connectivity index (χ2n) is 4.81. The molecule has 2 rings (SSSR count). The average molecular weight is 360 g/mol. The number of nitrogens with one attached hydrogen (secondary N) is 1. The lowest BCUT2D eigenvalue weighted by atomic mass is 10.2. The highest BCUT2D eigenvalue weighted by atomic mass is 16.6. The molecule has 2 aromatic rings. The number of aromatic hydroxyl groups is 1. The number of nitrogens with zero attached hydrogens (tertiary/aromatic N) is 3. The maximum Gasteiger partial charge on any atom is 0.310 e. The van der Waals surface area contributed by atoms with Crippen LogP contribution in [0.1, 0.15) is 5.56 Å². The molecular formula is C15H12N4O7. The minimum Gasteiger partial charge on any atom is -0.507 e. The number of carbonyl (C=O) groups excluding carboxylic acids is 1. The fraction of sp³-hybridized carbons (Fsp3) is 0.0667. The van der Waals surface area contributed by atoms with Crippen LogP contribution in [0, 0.1) is 20.2 Å². The summed E-state index contributed by atoms with van der Waals surface area (Å²) in [5.74, 6) is -1.05. The number of nitro benzene ring substituents is 2. The van der Waals surface area contributed by atoms with Gasteiger partial charge >= 0.3 is 5.69 Å². The van der Waals surface area contributed by atoms with E-state index in [9.17, 15) is 30.1 Å². The van der Waals surface area contributed by atoms with Gasteiger partial charge in [0.05, 0.1) is 16.1 Å². The molecule has 0 radical (unpaired) electrons. The van der Waals surface area contributed by atoms with Gasteiger partial charge in [0.25, 0.3) is 11.6 Å². The molecule has 11 nitrogen and oxygen atoms in total. The van der Waals surface area contributed by atoms with E-state index in [1.807, 2.05) is 0 Å². The molecule has 0 aromatic heterocycles. The number of para-hydroxylation sites is 2. The zero-order chi connectivity index (χ0) is 19.1. The summed E-state index contributed by atoms with van der Waals surface area (Å²) in [6.07, 6.45) is 1.02. The van der Waals surface area contributed by atoms with Crippen molar-refractivity contribution in [2.45, 2.75) is 0 Å². The first-order chi connectivity index (χ1) is 12.4. The second kappa shape index (κ2) is 8.19. The van der Waals surface area contributed by atoms with Crippen LogP contribution in [0.5, 0.6) is 11.5 Å². The molecule has 0 fully saturated rings. The maximum absolute atomic E-state index is 11.7. The number of phenols is 1. The van der Waals surface area contributed by atoms with Crippen LogP contribution in [-0.4, -0.2) is 33.7 Å². The Morgan fingerprint density at radius 3 is 2.62 bits per heavy atom. The molecule has 2 aromatic carbocycles. The Balaban J connectivity index is 1.95. The number of non-ortho nitro benzene ring substituents is 1. The molecule has 134 valence electrons. The molecule has 0 bridgehead atoms. The topological polar surface area (TPSA) is 157 Å². The lowest BCUT2D eigenvalue weighted by Crippen LogP contribution is -2.24. The van der Waals surface area contributed by atoms with Crippen molar-refractivity contribution in [2.24, 2.45) is 5.10 Å². The molecule has 0 spiro atoms. The van der Waals surface area contributed by atoms with Crippen molar-refractivity contribution < 1.29 is 24.5 Å². The Morgan fingerprint density at radius 2 is 1.92 bits per heavy atom. The minimum absolute atomic E-state index is 0.0270. The molecule has 2 N–H and O–H groups in total. The number of carbonyl (C=O) groups is 1. The van der Waals surface area contributed by atoms with Crippen molar-refractivity contribution in [2.75, 3.05) is 6.61 Å². The molecule has 0 atom stereocenters. The SMILES string of the molecule is O=C(COc1ccccc1[N+](=O)[O-])NN=Cc1cc([N+](=O)[O-])ccc1O. The largest absolute Gasteiger partial charge is 0.507 e. The van der Waals surface area contributed by atoms with E-state index in [2.05, 4.69) is 10.5 Å². The highest BCUT2D eigenvalue weighted by Gasteiger charge is 2.14. The van der Waals surface area contributed by atoms with Gasteiger partial charge in [-0.25, -0.2) is 5.43 Å². The van der Waals surface area contributed by atoms with Gasteiger partial charge in [-0.15, -0.1) is 0 Å². The van der Waals surface area contributed by atoms with Crippen LogP contribution < -0.4 is 10.2 Å². The fourth-order valence-electron chi connectivity index (χ4n) is 1.84. The highest BCUT2D eigenvalue weighted by Crippen LogP contribution is 2.25. The summed E-state index contributed by atoms with van der Waals surface area (Å²) in [6, 6.07) is 8.87. The Bertz CT molecular complexity index is 882. The van der Waals surface area contributed by atoms with Gasteiger partial charge in [-0.2, -0.15) is 5.10 Å². The monoisotopic (exact) mass is 360 g/mol. The fourth-order valence-corrected chi connectivity index (χ4v) is 1.84. The van der Waals surface area contributed by atoms with E-state index in [1.54, 1.807) is 0 Å². The Labute approximate surface area is 145 Å². The number of hydrazone groups is 1. The molecule has 0 aliphatic rings. The summed E-state index contributed by atoms with van der Waals surface area (Å²) < 4.78 is 5.07. The molecule has 1 amide bonds. The van der Waals surface area contributed by atoms with Gasteiger partial charge in [-0.1, -0.05) is 12.1 Å². The van der Waals surface area contributed by atoms with Crippen LogP contribution in [0.25, 0.3) is 0 Å². The van der Waals surface area contributed by atoms with Crippen LogP contribution in [0.3, 0.4) is 0 Å². The van der Waals surface area contributed by atoms with Crippen molar-refractivity contribution in [3.63, 3.8) is 0 Å². The summed E-state index contributed by atoms with van der Waals surface area (Å²) >= 11 is 0. The van der Waals surface area contributed by atoms with Crippen molar-refractivity contribution >= 4 is 23.5 Å². The number of hydrogen-bond acceptors (Lipinski definition) is 8. The quantitative estimate of drug-likeness (QED) is 0.432. The third-order valence-electron chi connectivity index (χ3n) is 3.04. The van der Waals surface area contributed by atoms with Gasteiger partial charge in [-0.3, -0.25) is 25.0 Å². The predicted octanol–water partition coefficient (Wildman–Crippen LogP) is 1.74. The maximum atomic E-state index is 11.7. The Kier molecular flexibility index (Phi) is 5.77. The van der Waals surface area contributed by atoms with Crippen molar-refractivity contribution in [3.8, 4) is 11.5 Å². The molecule has 0 aliphatic carbocycles. The second-order valence-corrected chi connectivity index (χ2v) is 4.81. The zero-order valence-corrected chi connectivity index (χ0v) is 13.1. The van der Waals surface area contributed by atoms with Gasteiger partial charge in [0.15, 0.2) is 12.4 Å². The van der Waals surface area contributed by atoms with E-state index in [4.69, 9.17) is 4.74 Å². The van der Waals surface area contributed by atoms with Crippen LogP contribution in [0.15, 0.2) is 47.6 Å². The van der Waals surface area contributed by atoms with Crippen LogP contribution >= 0.6 is 0 Å². The number of nitro groups is 2. The summed E-state index contributed by atoms with van der Waals surface area (Å²) in [4.78, 5) is 31.9. The molecule has 11 heteroatoms. The van der Waals surface area contributed by atoms with E-state index < -0.39 is 22.4 Å². The van der Waals surface area contributed by atoms with Crippen molar-refractivity contribution in [1.29, 1.82) is 0 Å². The number of amides is 1. The molecule has 0 heterocycles. The number of phenolic OH excluding ortho intramolecular Hbond substituents is 1. The summed E-state index contributed by atoms with van der Waals surface area (Å²) in [5.41, 5.74) is 1.57. The predicted molar refractivity (Wildman–Crippen MR) is 89.1 cm³/mol. The smallest absolute Gasteiger partial charge is 0.310 e. The van der Waals surface area contributed by atoms with Crippen molar-refractivity contribution in [3.05, 3.63) is 68.3 Å². The van der Waals surface area contributed by atoms with E-state index >= 15 is 0 Å². The third-order valence-corrected chi connectivity index (χ3v) is 3.04. The van der Waals surface area contributed by atoms with Crippen LogP contribution in [0.4, 0.5) is 11.4 Å². The van der Waals surface area contributed by atoms with Crippen LogP contribution in [-0.2, 0) is 4.79 Å². The molecule has 0 saturated carbocycles. The van der Waals surface area contributed by atoms with E-state index in [0.29, 0.717) is 0 Å². The summed E-state index contributed by atoms with van der Waals surface area (Å²) in [7, 11) is 0. The van der Waals surface area contributed by atoms with Gasteiger partial charge in [0.2, 0.25) is 0 Å². The van der Waals surface area contributed by atoms with Crippen molar-refractivity contribution in [1.82, 2.24) is 5.43 Å². The number of ether oxygens (including phenoxy) is 1. The van der Waals surface area contributed by atoms with Gasteiger partial charge in [0, 0.05) is 23.8 Å². The summed E-state index contributed by atoms with van der Waals surface area (Å²) in [5, 5.41) is 34.7. The number of benzene rings is 2. The average Bonchev–Trinajstić information content (AvgIpc) is 2.61. The number of rotatable bonds is 7. The first kappa shape index (κ1) is 18.3. The first-order valence-corrected chi connectivity index (χ1v) is 7.04. The van der Waals surface area contributed by atoms with Crippen LogP contribution in [0.2, 0.25) is 0 Å². The third kappa shape index (κ3) is 4.74. The lowest BCUT2D eigenvalue weighted by molar-refractivity contribution is -0.385. The standard InChI is InChI=1S/C15H12N4O7/c20-13-6-5-11(18(22)23)7-10(13)8-16-17-15(21)9-26-14-4-2-1-3-12(14)19(24)25/h1-8,20H,9H2,(H,17,21). The van der Waals surface area contributed by atoms with Gasteiger partial charge in [0.1, 0.15) is 5.75 Å². The minimum atomic E-state index is -0.718.